The molecular weight excluding hydrogens is 306 g/mol. The third-order valence-corrected chi connectivity index (χ3v) is 3.27. The van der Waals surface area contributed by atoms with Crippen molar-refractivity contribution in [3.05, 3.63) is 52.8 Å². The van der Waals surface area contributed by atoms with Crippen LogP contribution in [0.25, 0.3) is 0 Å². The van der Waals surface area contributed by atoms with Gasteiger partial charge in [0.1, 0.15) is 4.60 Å². The molecule has 19 heavy (non-hydrogen) atoms. The molecule has 3 N–H and O–H groups in total. The van der Waals surface area contributed by atoms with Crippen LogP contribution in [0.15, 0.2) is 47.2 Å². The summed E-state index contributed by atoms with van der Waals surface area (Å²) in [7, 11) is 0. The normalized spacial score (nSPS) is 11.9. The van der Waals surface area contributed by atoms with Gasteiger partial charge in [-0.15, -0.1) is 0 Å². The van der Waals surface area contributed by atoms with Gasteiger partial charge >= 0.3 is 0 Å². The molecule has 0 fully saturated rings. The Labute approximate surface area is 120 Å². The summed E-state index contributed by atoms with van der Waals surface area (Å²) in [6.45, 7) is 1.84. The molecule has 2 rings (SSSR count). The maximum absolute atomic E-state index is 12.1. The molecule has 1 atom stereocenters. The Balaban J connectivity index is 2.09. The number of carbonyl (C=O) groups excluding carboxylic acids is 1. The van der Waals surface area contributed by atoms with E-state index >= 15 is 0 Å². The van der Waals surface area contributed by atoms with Crippen molar-refractivity contribution in [2.45, 2.75) is 12.8 Å². The van der Waals surface area contributed by atoms with E-state index in [1.54, 1.807) is 24.4 Å². The number of nitrogens with one attached hydrogen (secondary N) is 1. The first-order valence-corrected chi connectivity index (χ1v) is 6.63. The molecule has 0 aliphatic heterocycles. The second-order valence-electron chi connectivity index (χ2n) is 4.25. The summed E-state index contributed by atoms with van der Waals surface area (Å²) in [6, 6.07) is 10.9. The van der Waals surface area contributed by atoms with Crippen LogP contribution in [0.1, 0.15) is 18.4 Å². The molecule has 0 saturated heterocycles. The van der Waals surface area contributed by atoms with E-state index in [4.69, 9.17) is 5.73 Å². The van der Waals surface area contributed by atoms with E-state index in [9.17, 15) is 4.79 Å². The van der Waals surface area contributed by atoms with Crippen LogP contribution in [0.2, 0.25) is 0 Å². The number of anilines is 2. The summed E-state index contributed by atoms with van der Waals surface area (Å²) < 4.78 is 0.731. The van der Waals surface area contributed by atoms with Crippen LogP contribution in [0.4, 0.5) is 11.4 Å². The lowest BCUT2D eigenvalue weighted by molar-refractivity contribution is -0.117. The number of pyridine rings is 1. The molecular formula is C14H14BrN3O. The highest BCUT2D eigenvalue weighted by molar-refractivity contribution is 9.10. The van der Waals surface area contributed by atoms with Gasteiger partial charge in [-0.25, -0.2) is 4.98 Å². The van der Waals surface area contributed by atoms with Gasteiger partial charge in [-0.1, -0.05) is 12.1 Å². The molecule has 0 aliphatic rings. The van der Waals surface area contributed by atoms with Crippen LogP contribution in [0.5, 0.6) is 0 Å². The Morgan fingerprint density at radius 3 is 2.79 bits per heavy atom. The largest absolute Gasteiger partial charge is 0.399 e. The number of nitrogens with two attached hydrogens (primary N) is 1. The molecule has 0 spiro atoms. The Morgan fingerprint density at radius 2 is 2.16 bits per heavy atom. The van der Waals surface area contributed by atoms with Gasteiger partial charge in [0.25, 0.3) is 0 Å². The third-order valence-electron chi connectivity index (χ3n) is 2.80. The molecule has 0 aliphatic carbocycles. The van der Waals surface area contributed by atoms with Gasteiger partial charge in [0.05, 0.1) is 17.8 Å². The second kappa shape index (κ2) is 5.84. The maximum Gasteiger partial charge on any atom is 0.231 e. The number of nitrogen functional groups attached to an aromatic ring is 1. The van der Waals surface area contributed by atoms with E-state index in [-0.39, 0.29) is 11.8 Å². The quantitative estimate of drug-likeness (QED) is 0.674. The van der Waals surface area contributed by atoms with Crippen molar-refractivity contribution in [3.8, 4) is 0 Å². The Morgan fingerprint density at radius 1 is 1.37 bits per heavy atom. The smallest absolute Gasteiger partial charge is 0.231 e. The fourth-order valence-corrected chi connectivity index (χ4v) is 1.91. The fourth-order valence-electron chi connectivity index (χ4n) is 1.68. The van der Waals surface area contributed by atoms with Crippen LogP contribution in [-0.2, 0) is 4.79 Å². The number of carbonyl (C=O) groups is 1. The number of aromatic nitrogens is 1. The van der Waals surface area contributed by atoms with Crippen molar-refractivity contribution >= 4 is 33.2 Å². The predicted molar refractivity (Wildman–Crippen MR) is 79.8 cm³/mol. The predicted octanol–water partition coefficient (Wildman–Crippen LogP) is 3.17. The molecule has 0 saturated carbocycles. The molecule has 0 bridgehead atoms. The van der Waals surface area contributed by atoms with Crippen LogP contribution < -0.4 is 11.1 Å². The first-order chi connectivity index (χ1) is 9.06. The van der Waals surface area contributed by atoms with Gasteiger partial charge in [-0.05, 0) is 52.7 Å². The summed E-state index contributed by atoms with van der Waals surface area (Å²) in [5.74, 6) is -0.359. The summed E-state index contributed by atoms with van der Waals surface area (Å²) in [5.41, 5.74) is 7.94. The number of amides is 1. The number of rotatable bonds is 3. The highest BCUT2D eigenvalue weighted by Crippen LogP contribution is 2.20. The van der Waals surface area contributed by atoms with Crippen LogP contribution >= 0.6 is 15.9 Å². The number of benzene rings is 1. The SMILES string of the molecule is CC(C(=O)Nc1ccc(Br)nc1)c1cccc(N)c1. The third kappa shape index (κ3) is 3.54. The summed E-state index contributed by atoms with van der Waals surface area (Å²) in [5, 5.41) is 2.82. The van der Waals surface area contributed by atoms with Gasteiger partial charge in [0.15, 0.2) is 0 Å². The molecule has 1 aromatic carbocycles. The average molecular weight is 320 g/mol. The molecule has 1 unspecified atom stereocenters. The first kappa shape index (κ1) is 13.5. The van der Waals surface area contributed by atoms with Gasteiger partial charge in [-0.3, -0.25) is 4.79 Å². The average Bonchev–Trinajstić information content (AvgIpc) is 2.40. The fraction of sp³-hybridized carbons (Fsp3) is 0.143. The number of hydrogen-bond acceptors (Lipinski definition) is 3. The summed E-state index contributed by atoms with van der Waals surface area (Å²) in [4.78, 5) is 16.2. The van der Waals surface area contributed by atoms with E-state index in [1.165, 1.54) is 0 Å². The van der Waals surface area contributed by atoms with E-state index in [0.717, 1.165) is 10.2 Å². The van der Waals surface area contributed by atoms with Gasteiger partial charge in [0, 0.05) is 5.69 Å². The van der Waals surface area contributed by atoms with Gasteiger partial charge < -0.3 is 11.1 Å². The Bertz CT molecular complexity index is 583. The number of nitrogens with zero attached hydrogens (tertiary/aromatic N) is 1. The van der Waals surface area contributed by atoms with Crippen molar-refractivity contribution in [2.75, 3.05) is 11.1 Å². The highest BCUT2D eigenvalue weighted by Gasteiger charge is 2.15. The molecule has 1 aromatic heterocycles. The number of hydrogen-bond donors (Lipinski definition) is 2. The van der Waals surface area contributed by atoms with E-state index in [0.29, 0.717) is 11.4 Å². The van der Waals surface area contributed by atoms with E-state index < -0.39 is 0 Å². The first-order valence-electron chi connectivity index (χ1n) is 5.84. The standard InChI is InChI=1S/C14H14BrN3O/c1-9(10-3-2-4-11(16)7-10)14(19)18-12-5-6-13(15)17-8-12/h2-9H,16H2,1H3,(H,18,19). The van der Waals surface area contributed by atoms with Gasteiger partial charge in [0.2, 0.25) is 5.91 Å². The van der Waals surface area contributed by atoms with Crippen LogP contribution in [0, 0.1) is 0 Å². The highest BCUT2D eigenvalue weighted by atomic mass is 79.9. The minimum absolute atomic E-state index is 0.0882. The number of halogens is 1. The van der Waals surface area contributed by atoms with Crippen LogP contribution in [0.3, 0.4) is 0 Å². The maximum atomic E-state index is 12.1. The molecule has 1 amide bonds. The lowest BCUT2D eigenvalue weighted by atomic mass is 10.00. The summed E-state index contributed by atoms with van der Waals surface area (Å²) in [6.07, 6.45) is 1.61. The zero-order chi connectivity index (χ0) is 13.8. The van der Waals surface area contributed by atoms with Crippen molar-refractivity contribution in [1.82, 2.24) is 4.98 Å². The Hall–Kier alpha value is -1.88. The molecule has 5 heteroatoms. The topological polar surface area (TPSA) is 68.0 Å². The Kier molecular flexibility index (Phi) is 4.16. The van der Waals surface area contributed by atoms with E-state index in [2.05, 4.69) is 26.2 Å². The molecule has 4 nitrogen and oxygen atoms in total. The summed E-state index contributed by atoms with van der Waals surface area (Å²) >= 11 is 3.25. The van der Waals surface area contributed by atoms with Crippen LogP contribution in [-0.4, -0.2) is 10.9 Å². The molecule has 2 aromatic rings. The minimum Gasteiger partial charge on any atom is -0.399 e. The molecule has 0 radical (unpaired) electrons. The zero-order valence-electron chi connectivity index (χ0n) is 10.4. The van der Waals surface area contributed by atoms with Crippen molar-refractivity contribution < 1.29 is 4.79 Å². The lowest BCUT2D eigenvalue weighted by Crippen LogP contribution is -2.19. The lowest BCUT2D eigenvalue weighted by Gasteiger charge is -2.13. The second-order valence-corrected chi connectivity index (χ2v) is 5.06. The van der Waals surface area contributed by atoms with Gasteiger partial charge in [-0.2, -0.15) is 0 Å². The molecule has 98 valence electrons. The monoisotopic (exact) mass is 319 g/mol. The van der Waals surface area contributed by atoms with Crippen molar-refractivity contribution in [3.63, 3.8) is 0 Å². The van der Waals surface area contributed by atoms with Crippen molar-refractivity contribution in [2.24, 2.45) is 0 Å². The van der Waals surface area contributed by atoms with Crippen molar-refractivity contribution in [1.29, 1.82) is 0 Å². The molecule has 1 heterocycles. The zero-order valence-corrected chi connectivity index (χ0v) is 12.0. The van der Waals surface area contributed by atoms with E-state index in [1.807, 2.05) is 25.1 Å². The minimum atomic E-state index is -0.271.